The van der Waals surface area contributed by atoms with Gasteiger partial charge in [0, 0.05) is 7.11 Å². The highest BCUT2D eigenvalue weighted by atomic mass is 16.7. The van der Waals surface area contributed by atoms with Crippen molar-refractivity contribution in [1.29, 1.82) is 0 Å². The van der Waals surface area contributed by atoms with E-state index in [1.54, 1.807) is 6.92 Å². The third-order valence-corrected chi connectivity index (χ3v) is 0.932. The minimum absolute atomic E-state index is 0.0172. The lowest BCUT2D eigenvalue weighted by Crippen LogP contribution is -2.14. The van der Waals surface area contributed by atoms with Crippen LogP contribution in [0.4, 0.5) is 0 Å². The molecule has 0 radical (unpaired) electrons. The van der Waals surface area contributed by atoms with Crippen LogP contribution >= 0.6 is 0 Å². The van der Waals surface area contributed by atoms with Gasteiger partial charge in [0.2, 0.25) is 0 Å². The first-order valence-electron chi connectivity index (χ1n) is 2.99. The molecule has 1 atom stereocenters. The number of aliphatic carboxylic acids is 1. The number of hydrogen-bond donors (Lipinski definition) is 1. The summed E-state index contributed by atoms with van der Waals surface area (Å²) in [6, 6.07) is 0. The van der Waals surface area contributed by atoms with E-state index in [-0.39, 0.29) is 19.3 Å². The number of carboxylic acids is 1. The van der Waals surface area contributed by atoms with E-state index >= 15 is 0 Å². The first kappa shape index (κ1) is 9.39. The van der Waals surface area contributed by atoms with Gasteiger partial charge in [-0.25, -0.2) is 0 Å². The molecule has 0 aromatic carbocycles. The van der Waals surface area contributed by atoms with Crippen LogP contribution in [-0.2, 0) is 14.3 Å². The van der Waals surface area contributed by atoms with Crippen molar-refractivity contribution in [3.8, 4) is 0 Å². The van der Waals surface area contributed by atoms with Crippen LogP contribution in [-0.4, -0.2) is 31.1 Å². The molecule has 10 heavy (non-hydrogen) atoms. The van der Waals surface area contributed by atoms with E-state index in [0.717, 1.165) is 0 Å². The van der Waals surface area contributed by atoms with Crippen LogP contribution in [0.1, 0.15) is 13.3 Å². The minimum Gasteiger partial charge on any atom is -0.481 e. The van der Waals surface area contributed by atoms with Gasteiger partial charge in [0.05, 0.1) is 12.5 Å². The second-order valence-corrected chi connectivity index (χ2v) is 1.98. The molecular weight excluding hydrogens is 136 g/mol. The first-order chi connectivity index (χ1) is 4.66. The number of carboxylic acid groups (broad SMARTS) is 1. The van der Waals surface area contributed by atoms with Crippen LogP contribution in [0.5, 0.6) is 0 Å². The summed E-state index contributed by atoms with van der Waals surface area (Å²) in [5.74, 6) is -0.858. The Labute approximate surface area is 59.7 Å². The molecule has 0 spiro atoms. The number of carbonyl (C=O) groups is 1. The van der Waals surface area contributed by atoms with E-state index in [2.05, 4.69) is 4.74 Å². The zero-order valence-corrected chi connectivity index (χ0v) is 6.16. The molecule has 0 rings (SSSR count). The predicted octanol–water partition coefficient (Wildman–Crippen LogP) is 0.470. The van der Waals surface area contributed by atoms with Gasteiger partial charge in [-0.15, -0.1) is 0 Å². The smallest absolute Gasteiger partial charge is 0.305 e. The number of hydrogen-bond acceptors (Lipinski definition) is 3. The van der Waals surface area contributed by atoms with Crippen LogP contribution in [0.2, 0.25) is 0 Å². The van der Waals surface area contributed by atoms with Gasteiger partial charge in [0.15, 0.2) is 0 Å². The first-order valence-corrected chi connectivity index (χ1v) is 2.99. The molecule has 4 heteroatoms. The summed E-state index contributed by atoms with van der Waals surface area (Å²) in [6.07, 6.45) is -0.263. The van der Waals surface area contributed by atoms with Crippen molar-refractivity contribution in [3.05, 3.63) is 0 Å². The van der Waals surface area contributed by atoms with Crippen LogP contribution < -0.4 is 0 Å². The average molecular weight is 148 g/mol. The maximum atomic E-state index is 10.1. The van der Waals surface area contributed by atoms with Crippen LogP contribution in [0, 0.1) is 0 Å². The molecule has 1 unspecified atom stereocenters. The lowest BCUT2D eigenvalue weighted by Gasteiger charge is -2.08. The Kier molecular flexibility index (Phi) is 4.88. The van der Waals surface area contributed by atoms with E-state index in [1.807, 2.05) is 0 Å². The molecule has 0 saturated heterocycles. The molecule has 0 aromatic heterocycles. The fourth-order valence-corrected chi connectivity index (χ4v) is 0.489. The Balaban J connectivity index is 3.25. The largest absolute Gasteiger partial charge is 0.481 e. The van der Waals surface area contributed by atoms with E-state index in [0.29, 0.717) is 0 Å². The Morgan fingerprint density at radius 2 is 2.30 bits per heavy atom. The maximum absolute atomic E-state index is 10.1. The van der Waals surface area contributed by atoms with Crippen LogP contribution in [0.3, 0.4) is 0 Å². The quantitative estimate of drug-likeness (QED) is 0.576. The van der Waals surface area contributed by atoms with Crippen molar-refractivity contribution in [2.75, 3.05) is 13.9 Å². The molecule has 60 valence electrons. The van der Waals surface area contributed by atoms with Crippen LogP contribution in [0.25, 0.3) is 0 Å². The van der Waals surface area contributed by atoms with E-state index in [9.17, 15) is 4.79 Å². The molecule has 0 heterocycles. The van der Waals surface area contributed by atoms with Crippen molar-refractivity contribution in [3.63, 3.8) is 0 Å². The molecule has 0 aliphatic rings. The van der Waals surface area contributed by atoms with Gasteiger partial charge < -0.3 is 14.6 Å². The fraction of sp³-hybridized carbons (Fsp3) is 0.833. The number of rotatable bonds is 5. The zero-order chi connectivity index (χ0) is 7.98. The van der Waals surface area contributed by atoms with Gasteiger partial charge in [-0.1, -0.05) is 0 Å². The summed E-state index contributed by atoms with van der Waals surface area (Å²) in [7, 11) is 1.49. The molecule has 0 aliphatic carbocycles. The number of methoxy groups -OCH3 is 1. The van der Waals surface area contributed by atoms with Crippen molar-refractivity contribution < 1.29 is 19.4 Å². The lowest BCUT2D eigenvalue weighted by atomic mass is 10.3. The summed E-state index contributed by atoms with van der Waals surface area (Å²) in [4.78, 5) is 10.1. The summed E-state index contributed by atoms with van der Waals surface area (Å²) in [5, 5.41) is 8.26. The highest BCUT2D eigenvalue weighted by Gasteiger charge is 2.06. The molecule has 0 aromatic rings. The van der Waals surface area contributed by atoms with Crippen molar-refractivity contribution in [2.24, 2.45) is 0 Å². The molecule has 0 amide bonds. The molecule has 4 nitrogen and oxygen atoms in total. The molecule has 0 fully saturated rings. The minimum atomic E-state index is -0.858. The van der Waals surface area contributed by atoms with Gasteiger partial charge in [-0.3, -0.25) is 4.79 Å². The topological polar surface area (TPSA) is 55.8 Å². The van der Waals surface area contributed by atoms with Crippen molar-refractivity contribution in [2.45, 2.75) is 19.4 Å². The Hall–Kier alpha value is -0.610. The second-order valence-electron chi connectivity index (χ2n) is 1.98. The lowest BCUT2D eigenvalue weighted by molar-refractivity contribution is -0.142. The zero-order valence-electron chi connectivity index (χ0n) is 6.16. The van der Waals surface area contributed by atoms with Gasteiger partial charge in [-0.05, 0) is 6.92 Å². The molecule has 0 saturated carbocycles. The standard InChI is InChI=1S/C6H12O4/c1-5(3-6(7)8)10-4-9-2/h5H,3-4H2,1-2H3,(H,7,8). The summed E-state index contributed by atoms with van der Waals surface area (Å²) in [5.41, 5.74) is 0. The predicted molar refractivity (Wildman–Crippen MR) is 34.7 cm³/mol. The Morgan fingerprint density at radius 1 is 1.70 bits per heavy atom. The van der Waals surface area contributed by atoms with E-state index in [1.165, 1.54) is 7.11 Å². The maximum Gasteiger partial charge on any atom is 0.305 e. The van der Waals surface area contributed by atoms with Crippen molar-refractivity contribution >= 4 is 5.97 Å². The average Bonchev–Trinajstić information content (AvgIpc) is 1.82. The van der Waals surface area contributed by atoms with Gasteiger partial charge in [0.1, 0.15) is 6.79 Å². The summed E-state index contributed by atoms with van der Waals surface area (Å²) in [6.45, 7) is 1.83. The normalized spacial score (nSPS) is 13.0. The van der Waals surface area contributed by atoms with E-state index in [4.69, 9.17) is 9.84 Å². The molecule has 0 bridgehead atoms. The summed E-state index contributed by atoms with van der Waals surface area (Å²) >= 11 is 0. The van der Waals surface area contributed by atoms with E-state index < -0.39 is 5.97 Å². The third-order valence-electron chi connectivity index (χ3n) is 0.932. The summed E-state index contributed by atoms with van der Waals surface area (Å²) < 4.78 is 9.48. The highest BCUT2D eigenvalue weighted by Crippen LogP contribution is 1.95. The van der Waals surface area contributed by atoms with Crippen molar-refractivity contribution in [1.82, 2.24) is 0 Å². The second kappa shape index (κ2) is 5.20. The van der Waals surface area contributed by atoms with Crippen LogP contribution in [0.15, 0.2) is 0 Å². The SMILES string of the molecule is COCOC(C)CC(=O)O. The van der Waals surface area contributed by atoms with Gasteiger partial charge in [0.25, 0.3) is 0 Å². The number of ether oxygens (including phenoxy) is 2. The molecule has 0 aliphatic heterocycles. The highest BCUT2D eigenvalue weighted by molar-refractivity contribution is 5.67. The monoisotopic (exact) mass is 148 g/mol. The molecule has 1 N–H and O–H groups in total. The molecular formula is C6H12O4. The third kappa shape index (κ3) is 5.53. The van der Waals surface area contributed by atoms with Gasteiger partial charge >= 0.3 is 5.97 Å². The Bertz CT molecular complexity index is 102. The fourth-order valence-electron chi connectivity index (χ4n) is 0.489. The van der Waals surface area contributed by atoms with Gasteiger partial charge in [-0.2, -0.15) is 0 Å². The Morgan fingerprint density at radius 3 is 2.70 bits per heavy atom.